The number of aliphatic hydroxyl groups excluding tert-OH is 1. The summed E-state index contributed by atoms with van der Waals surface area (Å²) in [6.45, 7) is 1.34. The molecular formula is C10H21ClN2O2. The van der Waals surface area contributed by atoms with Crippen molar-refractivity contribution in [1.82, 2.24) is 10.6 Å². The van der Waals surface area contributed by atoms with Gasteiger partial charge in [0.15, 0.2) is 0 Å². The molecule has 2 unspecified atom stereocenters. The third kappa shape index (κ3) is 5.35. The van der Waals surface area contributed by atoms with Gasteiger partial charge in [0.1, 0.15) is 0 Å². The van der Waals surface area contributed by atoms with Crippen LogP contribution in [0.5, 0.6) is 0 Å². The van der Waals surface area contributed by atoms with E-state index in [9.17, 15) is 9.90 Å². The van der Waals surface area contributed by atoms with Crippen LogP contribution in [0.3, 0.4) is 0 Å². The summed E-state index contributed by atoms with van der Waals surface area (Å²) in [7, 11) is 1.83. The van der Waals surface area contributed by atoms with Crippen molar-refractivity contribution in [2.45, 2.75) is 31.8 Å². The first-order chi connectivity index (χ1) is 6.74. The van der Waals surface area contributed by atoms with Gasteiger partial charge < -0.3 is 15.7 Å². The summed E-state index contributed by atoms with van der Waals surface area (Å²) in [4.78, 5) is 11.2. The molecule has 1 aliphatic rings. The van der Waals surface area contributed by atoms with E-state index < -0.39 is 0 Å². The number of hydrogen-bond donors (Lipinski definition) is 3. The Morgan fingerprint density at radius 3 is 2.73 bits per heavy atom. The van der Waals surface area contributed by atoms with Gasteiger partial charge in [-0.2, -0.15) is 0 Å². The Labute approximate surface area is 97.2 Å². The van der Waals surface area contributed by atoms with Crippen LogP contribution < -0.4 is 10.6 Å². The molecule has 2 atom stereocenters. The highest BCUT2D eigenvalue weighted by atomic mass is 35.5. The van der Waals surface area contributed by atoms with Gasteiger partial charge in [0.2, 0.25) is 5.91 Å². The van der Waals surface area contributed by atoms with Gasteiger partial charge in [0.25, 0.3) is 0 Å². The number of halogens is 1. The molecule has 0 aromatic carbocycles. The largest absolute Gasteiger partial charge is 0.393 e. The van der Waals surface area contributed by atoms with E-state index in [0.29, 0.717) is 19.5 Å². The molecule has 0 saturated heterocycles. The molecular weight excluding hydrogens is 216 g/mol. The van der Waals surface area contributed by atoms with Crippen LogP contribution in [0.4, 0.5) is 0 Å². The van der Waals surface area contributed by atoms with Crippen molar-refractivity contribution in [3.63, 3.8) is 0 Å². The Hall–Kier alpha value is -0.320. The zero-order valence-electron chi connectivity index (χ0n) is 9.16. The quantitative estimate of drug-likeness (QED) is 0.643. The lowest BCUT2D eigenvalue weighted by Crippen LogP contribution is -2.33. The highest BCUT2D eigenvalue weighted by molar-refractivity contribution is 5.85. The van der Waals surface area contributed by atoms with Crippen molar-refractivity contribution in [2.24, 2.45) is 5.92 Å². The second-order valence-corrected chi connectivity index (χ2v) is 3.92. The third-order valence-corrected chi connectivity index (χ3v) is 2.78. The van der Waals surface area contributed by atoms with Gasteiger partial charge >= 0.3 is 0 Å². The van der Waals surface area contributed by atoms with E-state index in [0.717, 1.165) is 19.3 Å². The summed E-state index contributed by atoms with van der Waals surface area (Å²) < 4.78 is 0. The Kier molecular flexibility index (Phi) is 7.74. The molecule has 4 nitrogen and oxygen atoms in total. The SMILES string of the molecule is CNCCC(=O)NCC1CCCC1O.Cl. The van der Waals surface area contributed by atoms with Gasteiger partial charge in [-0.3, -0.25) is 4.79 Å². The van der Waals surface area contributed by atoms with Crippen LogP contribution in [0.2, 0.25) is 0 Å². The zero-order chi connectivity index (χ0) is 10.4. The molecule has 0 aromatic heterocycles. The van der Waals surface area contributed by atoms with Crippen LogP contribution >= 0.6 is 12.4 Å². The van der Waals surface area contributed by atoms with E-state index in [4.69, 9.17) is 0 Å². The minimum Gasteiger partial charge on any atom is -0.393 e. The molecule has 5 heteroatoms. The Bertz CT molecular complexity index is 190. The molecule has 1 amide bonds. The van der Waals surface area contributed by atoms with Crippen LogP contribution in [-0.4, -0.2) is 37.3 Å². The van der Waals surface area contributed by atoms with E-state index >= 15 is 0 Å². The average Bonchev–Trinajstić information content (AvgIpc) is 2.58. The molecule has 0 aliphatic heterocycles. The van der Waals surface area contributed by atoms with E-state index in [1.165, 1.54) is 0 Å². The van der Waals surface area contributed by atoms with Crippen LogP contribution in [0.15, 0.2) is 0 Å². The van der Waals surface area contributed by atoms with Crippen molar-refractivity contribution in [2.75, 3.05) is 20.1 Å². The van der Waals surface area contributed by atoms with E-state index in [-0.39, 0.29) is 30.3 Å². The predicted octanol–water partition coefficient (Wildman–Crippen LogP) is 0.295. The second-order valence-electron chi connectivity index (χ2n) is 3.92. The van der Waals surface area contributed by atoms with Crippen molar-refractivity contribution in [3.05, 3.63) is 0 Å². The maximum absolute atomic E-state index is 11.2. The minimum atomic E-state index is -0.209. The molecule has 0 aromatic rings. The van der Waals surface area contributed by atoms with Gasteiger partial charge in [-0.1, -0.05) is 6.42 Å². The van der Waals surface area contributed by atoms with Crippen LogP contribution in [0.25, 0.3) is 0 Å². The number of rotatable bonds is 5. The number of hydrogen-bond acceptors (Lipinski definition) is 3. The number of nitrogens with one attached hydrogen (secondary N) is 2. The van der Waals surface area contributed by atoms with Crippen molar-refractivity contribution in [3.8, 4) is 0 Å². The summed E-state index contributed by atoms with van der Waals surface area (Å²) in [5.74, 6) is 0.340. The lowest BCUT2D eigenvalue weighted by atomic mass is 10.1. The fourth-order valence-electron chi connectivity index (χ4n) is 1.83. The van der Waals surface area contributed by atoms with E-state index in [1.807, 2.05) is 7.05 Å². The first-order valence-electron chi connectivity index (χ1n) is 5.33. The lowest BCUT2D eigenvalue weighted by molar-refractivity contribution is -0.121. The smallest absolute Gasteiger partial charge is 0.221 e. The van der Waals surface area contributed by atoms with Crippen LogP contribution in [-0.2, 0) is 4.79 Å². The summed E-state index contributed by atoms with van der Waals surface area (Å²) in [6, 6.07) is 0. The standard InChI is InChI=1S/C10H20N2O2.ClH/c1-11-6-5-10(14)12-7-8-3-2-4-9(8)13;/h8-9,11,13H,2-7H2,1H3,(H,12,14);1H. The fourth-order valence-corrected chi connectivity index (χ4v) is 1.83. The summed E-state index contributed by atoms with van der Waals surface area (Å²) >= 11 is 0. The molecule has 0 heterocycles. The highest BCUT2D eigenvalue weighted by Gasteiger charge is 2.25. The number of carbonyl (C=O) groups is 1. The van der Waals surface area contributed by atoms with Crippen molar-refractivity contribution >= 4 is 18.3 Å². The van der Waals surface area contributed by atoms with E-state index in [1.54, 1.807) is 0 Å². The molecule has 90 valence electrons. The molecule has 15 heavy (non-hydrogen) atoms. The van der Waals surface area contributed by atoms with Gasteiger partial charge in [0, 0.05) is 25.4 Å². The maximum Gasteiger partial charge on any atom is 0.221 e. The Balaban J connectivity index is 0.00000196. The Morgan fingerprint density at radius 2 is 2.20 bits per heavy atom. The molecule has 0 bridgehead atoms. The third-order valence-electron chi connectivity index (χ3n) is 2.78. The molecule has 1 saturated carbocycles. The first-order valence-corrected chi connectivity index (χ1v) is 5.33. The number of carbonyl (C=O) groups excluding carboxylic acids is 1. The second kappa shape index (κ2) is 7.91. The topological polar surface area (TPSA) is 61.4 Å². The zero-order valence-corrected chi connectivity index (χ0v) is 9.98. The summed E-state index contributed by atoms with van der Waals surface area (Å²) in [6.07, 6.45) is 3.31. The van der Waals surface area contributed by atoms with Gasteiger partial charge in [-0.15, -0.1) is 12.4 Å². The minimum absolute atomic E-state index is 0. The summed E-state index contributed by atoms with van der Waals surface area (Å²) in [5, 5.41) is 15.3. The van der Waals surface area contributed by atoms with Gasteiger partial charge in [-0.25, -0.2) is 0 Å². The Morgan fingerprint density at radius 1 is 1.47 bits per heavy atom. The van der Waals surface area contributed by atoms with Crippen molar-refractivity contribution < 1.29 is 9.90 Å². The highest BCUT2D eigenvalue weighted by Crippen LogP contribution is 2.24. The molecule has 3 N–H and O–H groups in total. The lowest BCUT2D eigenvalue weighted by Gasteiger charge is -2.14. The average molecular weight is 237 g/mol. The molecule has 0 spiro atoms. The fraction of sp³-hybridized carbons (Fsp3) is 0.900. The molecule has 0 radical (unpaired) electrons. The van der Waals surface area contributed by atoms with Gasteiger partial charge in [-0.05, 0) is 19.9 Å². The van der Waals surface area contributed by atoms with Crippen molar-refractivity contribution in [1.29, 1.82) is 0 Å². The molecule has 1 fully saturated rings. The van der Waals surface area contributed by atoms with Crippen LogP contribution in [0, 0.1) is 5.92 Å². The summed E-state index contributed by atoms with van der Waals surface area (Å²) in [5.41, 5.74) is 0. The monoisotopic (exact) mass is 236 g/mol. The molecule has 1 rings (SSSR count). The van der Waals surface area contributed by atoms with E-state index in [2.05, 4.69) is 10.6 Å². The number of aliphatic hydroxyl groups is 1. The first kappa shape index (κ1) is 14.7. The number of amides is 1. The maximum atomic E-state index is 11.2. The van der Waals surface area contributed by atoms with Crippen LogP contribution in [0.1, 0.15) is 25.7 Å². The predicted molar refractivity (Wildman–Crippen MR) is 62.1 cm³/mol. The molecule has 1 aliphatic carbocycles. The normalized spacial score (nSPS) is 24.7. The van der Waals surface area contributed by atoms with Gasteiger partial charge in [0.05, 0.1) is 6.10 Å².